The first-order valence-corrected chi connectivity index (χ1v) is 9.85. The molecule has 1 aromatic heterocycles. The summed E-state index contributed by atoms with van der Waals surface area (Å²) in [5, 5.41) is 3.00. The van der Waals surface area contributed by atoms with Gasteiger partial charge in [-0.3, -0.25) is 9.59 Å². The normalized spacial score (nSPS) is 17.9. The molecule has 2 amide bonds. The minimum atomic E-state index is -0.897. The lowest BCUT2D eigenvalue weighted by Gasteiger charge is -2.36. The van der Waals surface area contributed by atoms with E-state index in [1.165, 1.54) is 0 Å². The van der Waals surface area contributed by atoms with E-state index in [2.05, 4.69) is 27.1 Å². The third kappa shape index (κ3) is 3.44. The molecule has 2 aromatic rings. The van der Waals surface area contributed by atoms with Crippen LogP contribution in [0.5, 0.6) is 0 Å². The van der Waals surface area contributed by atoms with Gasteiger partial charge in [-0.05, 0) is 37.0 Å². The van der Waals surface area contributed by atoms with E-state index in [-0.39, 0.29) is 11.8 Å². The van der Waals surface area contributed by atoms with E-state index in [1.807, 2.05) is 29.2 Å². The summed E-state index contributed by atoms with van der Waals surface area (Å²) in [6.07, 6.45) is 5.51. The highest BCUT2D eigenvalue weighted by Gasteiger charge is 2.58. The second-order valence-corrected chi connectivity index (χ2v) is 7.37. The van der Waals surface area contributed by atoms with Gasteiger partial charge in [0.2, 0.25) is 17.8 Å². The van der Waals surface area contributed by atoms with Crippen molar-refractivity contribution in [2.24, 2.45) is 5.41 Å². The molecule has 1 aliphatic carbocycles. The van der Waals surface area contributed by atoms with Crippen LogP contribution in [0.1, 0.15) is 25.3 Å². The number of aryl methyl sites for hydroxylation is 1. The average molecular weight is 379 g/mol. The number of piperazine rings is 1. The Hall–Kier alpha value is -2.96. The SMILES string of the molecule is CCc1ccccc1NC(=O)C1(C(=O)N2CCN(c3ncccn3)CC2)CC1. The van der Waals surface area contributed by atoms with Gasteiger partial charge in [-0.15, -0.1) is 0 Å². The number of hydrogen-bond donors (Lipinski definition) is 1. The maximum atomic E-state index is 13.1. The molecule has 2 heterocycles. The van der Waals surface area contributed by atoms with Gasteiger partial charge in [-0.1, -0.05) is 25.1 Å². The number of benzene rings is 1. The van der Waals surface area contributed by atoms with Crippen LogP contribution >= 0.6 is 0 Å². The summed E-state index contributed by atoms with van der Waals surface area (Å²) in [4.78, 5) is 38.5. The highest BCUT2D eigenvalue weighted by atomic mass is 16.2. The molecule has 7 nitrogen and oxygen atoms in total. The molecule has 1 saturated carbocycles. The van der Waals surface area contributed by atoms with Crippen LogP contribution in [0.15, 0.2) is 42.7 Å². The van der Waals surface area contributed by atoms with Gasteiger partial charge >= 0.3 is 0 Å². The number of nitrogens with one attached hydrogen (secondary N) is 1. The van der Waals surface area contributed by atoms with E-state index in [1.54, 1.807) is 18.5 Å². The van der Waals surface area contributed by atoms with E-state index >= 15 is 0 Å². The Morgan fingerprint density at radius 1 is 1.04 bits per heavy atom. The molecule has 1 N–H and O–H groups in total. The Bertz CT molecular complexity index is 858. The van der Waals surface area contributed by atoms with Gasteiger partial charge in [-0.2, -0.15) is 0 Å². The molecule has 0 atom stereocenters. The lowest BCUT2D eigenvalue weighted by Crippen LogP contribution is -2.53. The number of carbonyl (C=O) groups excluding carboxylic acids is 2. The molecular weight excluding hydrogens is 354 g/mol. The Balaban J connectivity index is 1.40. The number of nitrogens with zero attached hydrogens (tertiary/aromatic N) is 4. The molecule has 0 spiro atoms. The largest absolute Gasteiger partial charge is 0.338 e. The first-order valence-electron chi connectivity index (χ1n) is 9.85. The molecule has 28 heavy (non-hydrogen) atoms. The molecule has 1 aromatic carbocycles. The third-order valence-electron chi connectivity index (χ3n) is 5.64. The van der Waals surface area contributed by atoms with Gasteiger partial charge in [0.1, 0.15) is 5.41 Å². The van der Waals surface area contributed by atoms with Crippen molar-refractivity contribution in [2.75, 3.05) is 36.4 Å². The molecule has 146 valence electrons. The van der Waals surface area contributed by atoms with Crippen molar-refractivity contribution in [3.63, 3.8) is 0 Å². The van der Waals surface area contributed by atoms with Crippen LogP contribution in [0.3, 0.4) is 0 Å². The van der Waals surface area contributed by atoms with Crippen molar-refractivity contribution in [1.29, 1.82) is 0 Å². The second-order valence-electron chi connectivity index (χ2n) is 7.37. The molecule has 1 saturated heterocycles. The standard InChI is InChI=1S/C21H25N5O2/c1-2-16-6-3-4-7-17(16)24-18(27)21(8-9-21)19(28)25-12-14-26(15-13-25)20-22-10-5-11-23-20/h3-7,10-11H,2,8-9,12-15H2,1H3,(H,24,27). The monoisotopic (exact) mass is 379 g/mol. The third-order valence-corrected chi connectivity index (χ3v) is 5.64. The Morgan fingerprint density at radius 3 is 2.36 bits per heavy atom. The molecule has 4 rings (SSSR count). The van der Waals surface area contributed by atoms with Crippen LogP contribution in [0.2, 0.25) is 0 Å². The maximum Gasteiger partial charge on any atom is 0.240 e. The van der Waals surface area contributed by atoms with E-state index in [9.17, 15) is 9.59 Å². The summed E-state index contributed by atoms with van der Waals surface area (Å²) < 4.78 is 0. The van der Waals surface area contributed by atoms with Crippen molar-refractivity contribution in [2.45, 2.75) is 26.2 Å². The molecule has 0 radical (unpaired) electrons. The minimum Gasteiger partial charge on any atom is -0.338 e. The lowest BCUT2D eigenvalue weighted by molar-refractivity contribution is -0.142. The van der Waals surface area contributed by atoms with Crippen molar-refractivity contribution < 1.29 is 9.59 Å². The van der Waals surface area contributed by atoms with Crippen LogP contribution in [-0.2, 0) is 16.0 Å². The fraction of sp³-hybridized carbons (Fsp3) is 0.429. The van der Waals surface area contributed by atoms with Gasteiger partial charge in [0.25, 0.3) is 0 Å². The number of carbonyl (C=O) groups is 2. The van der Waals surface area contributed by atoms with Gasteiger partial charge in [0, 0.05) is 44.3 Å². The van der Waals surface area contributed by atoms with Crippen molar-refractivity contribution in [3.8, 4) is 0 Å². The lowest BCUT2D eigenvalue weighted by atomic mass is 10.0. The number of hydrogen-bond acceptors (Lipinski definition) is 5. The molecule has 0 unspecified atom stereocenters. The molecule has 0 bridgehead atoms. The van der Waals surface area contributed by atoms with Gasteiger partial charge in [0.15, 0.2) is 0 Å². The fourth-order valence-corrected chi connectivity index (χ4v) is 3.72. The second kappa shape index (κ2) is 7.58. The summed E-state index contributed by atoms with van der Waals surface area (Å²) in [5.74, 6) is 0.462. The Morgan fingerprint density at radius 2 is 1.71 bits per heavy atom. The van der Waals surface area contributed by atoms with E-state index in [4.69, 9.17) is 0 Å². The van der Waals surface area contributed by atoms with Crippen LogP contribution in [0.4, 0.5) is 11.6 Å². The van der Waals surface area contributed by atoms with E-state index < -0.39 is 5.41 Å². The summed E-state index contributed by atoms with van der Waals surface area (Å²) in [7, 11) is 0. The summed E-state index contributed by atoms with van der Waals surface area (Å²) >= 11 is 0. The number of para-hydroxylation sites is 1. The van der Waals surface area contributed by atoms with Crippen LogP contribution in [0.25, 0.3) is 0 Å². The predicted molar refractivity (Wildman–Crippen MR) is 107 cm³/mol. The van der Waals surface area contributed by atoms with Gasteiger partial charge < -0.3 is 15.1 Å². The fourth-order valence-electron chi connectivity index (χ4n) is 3.72. The quantitative estimate of drug-likeness (QED) is 0.805. The predicted octanol–water partition coefficient (Wildman–Crippen LogP) is 2.11. The number of aromatic nitrogens is 2. The number of rotatable bonds is 5. The first kappa shape index (κ1) is 18.4. The summed E-state index contributed by atoms with van der Waals surface area (Å²) in [6, 6.07) is 9.55. The number of anilines is 2. The minimum absolute atomic E-state index is 0.0485. The van der Waals surface area contributed by atoms with Crippen molar-refractivity contribution >= 4 is 23.5 Å². The maximum absolute atomic E-state index is 13.1. The zero-order chi connectivity index (χ0) is 19.6. The molecule has 7 heteroatoms. The van der Waals surface area contributed by atoms with Crippen LogP contribution in [-0.4, -0.2) is 52.9 Å². The van der Waals surface area contributed by atoms with Crippen LogP contribution < -0.4 is 10.2 Å². The van der Waals surface area contributed by atoms with E-state index in [0.29, 0.717) is 45.0 Å². The topological polar surface area (TPSA) is 78.4 Å². The van der Waals surface area contributed by atoms with Crippen molar-refractivity contribution in [3.05, 3.63) is 48.3 Å². The Labute approximate surface area is 164 Å². The van der Waals surface area contributed by atoms with E-state index in [0.717, 1.165) is 17.7 Å². The summed E-state index contributed by atoms with van der Waals surface area (Å²) in [5.41, 5.74) is 0.988. The highest BCUT2D eigenvalue weighted by molar-refractivity contribution is 6.13. The van der Waals surface area contributed by atoms with Gasteiger partial charge in [-0.25, -0.2) is 9.97 Å². The first-order chi connectivity index (χ1) is 13.6. The smallest absolute Gasteiger partial charge is 0.240 e. The molecule has 2 aliphatic rings. The number of amides is 2. The van der Waals surface area contributed by atoms with Gasteiger partial charge in [0.05, 0.1) is 0 Å². The molecule has 2 fully saturated rings. The van der Waals surface area contributed by atoms with Crippen molar-refractivity contribution in [1.82, 2.24) is 14.9 Å². The zero-order valence-corrected chi connectivity index (χ0v) is 16.1. The average Bonchev–Trinajstić information content (AvgIpc) is 3.56. The molecule has 1 aliphatic heterocycles. The summed E-state index contributed by atoms with van der Waals surface area (Å²) in [6.45, 7) is 4.56. The van der Waals surface area contributed by atoms with Crippen LogP contribution in [0, 0.1) is 5.41 Å². The zero-order valence-electron chi connectivity index (χ0n) is 16.1. The Kier molecular flexibility index (Phi) is 4.98. The highest BCUT2D eigenvalue weighted by Crippen LogP contribution is 2.48. The molecular formula is C21H25N5O2.